The monoisotopic (exact) mass is 477 g/mol. The van der Waals surface area contributed by atoms with Gasteiger partial charge in [-0.25, -0.2) is 5.43 Å². The molecule has 0 spiro atoms. The van der Waals surface area contributed by atoms with Gasteiger partial charge in [0, 0.05) is 11.8 Å². The van der Waals surface area contributed by atoms with Crippen LogP contribution in [0.4, 0.5) is 17.1 Å². The van der Waals surface area contributed by atoms with E-state index in [1.807, 2.05) is 19.9 Å². The lowest BCUT2D eigenvalue weighted by atomic mass is 10.1. The lowest BCUT2D eigenvalue weighted by Crippen LogP contribution is -2.32. The summed E-state index contributed by atoms with van der Waals surface area (Å²) in [7, 11) is 0. The number of aryl methyl sites for hydroxylation is 2. The van der Waals surface area contributed by atoms with Crippen molar-refractivity contribution in [2.45, 2.75) is 13.8 Å². The number of ether oxygens (including phenoxy) is 1. The van der Waals surface area contributed by atoms with Crippen molar-refractivity contribution in [3.05, 3.63) is 97.6 Å². The average molecular weight is 477 g/mol. The summed E-state index contributed by atoms with van der Waals surface area (Å²) in [6.45, 7) is 3.81. The first-order valence-corrected chi connectivity index (χ1v) is 10.1. The molecule has 0 aliphatic rings. The largest absolute Gasteiger partial charge is 0.450 e. The molecule has 0 aromatic heterocycles. The number of benzene rings is 3. The Kier molecular flexibility index (Phi) is 7.46. The number of nitro benzene ring substituents is 2. The number of non-ortho nitro benzene ring substituents is 1. The Bertz CT molecular complexity index is 1350. The minimum atomic E-state index is -0.978. The predicted molar refractivity (Wildman–Crippen MR) is 127 cm³/mol. The van der Waals surface area contributed by atoms with Gasteiger partial charge in [0.25, 0.3) is 5.69 Å². The Hall–Kier alpha value is -5.13. The number of amides is 2. The number of rotatable bonds is 7. The summed E-state index contributed by atoms with van der Waals surface area (Å²) in [5, 5.41) is 28.4. The van der Waals surface area contributed by atoms with Gasteiger partial charge in [0.15, 0.2) is 0 Å². The molecule has 12 heteroatoms. The maximum atomic E-state index is 12.0. The van der Waals surface area contributed by atoms with Gasteiger partial charge in [-0.05, 0) is 60.9 Å². The summed E-state index contributed by atoms with van der Waals surface area (Å²) in [4.78, 5) is 44.7. The van der Waals surface area contributed by atoms with Crippen LogP contribution in [0.3, 0.4) is 0 Å². The van der Waals surface area contributed by atoms with Crippen molar-refractivity contribution in [1.29, 1.82) is 0 Å². The van der Waals surface area contributed by atoms with Gasteiger partial charge in [-0.2, -0.15) is 5.10 Å². The highest BCUT2D eigenvalue weighted by Crippen LogP contribution is 2.34. The van der Waals surface area contributed by atoms with E-state index in [9.17, 15) is 29.8 Å². The van der Waals surface area contributed by atoms with Gasteiger partial charge in [0.2, 0.25) is 5.75 Å². The number of hydrogen-bond donors (Lipinski definition) is 2. The van der Waals surface area contributed by atoms with Crippen molar-refractivity contribution in [1.82, 2.24) is 5.43 Å². The Labute approximate surface area is 198 Å². The van der Waals surface area contributed by atoms with Crippen LogP contribution in [-0.4, -0.2) is 27.9 Å². The van der Waals surface area contributed by atoms with E-state index >= 15 is 0 Å². The summed E-state index contributed by atoms with van der Waals surface area (Å²) in [6.07, 6.45) is 1.25. The predicted octanol–water partition coefficient (Wildman–Crippen LogP) is 4.00. The molecule has 3 aromatic rings. The van der Waals surface area contributed by atoms with Crippen molar-refractivity contribution in [3.63, 3.8) is 0 Å². The number of carbonyl (C=O) groups excluding carboxylic acids is 2. The molecule has 0 aliphatic heterocycles. The maximum Gasteiger partial charge on any atom is 0.329 e. The van der Waals surface area contributed by atoms with E-state index in [1.165, 1.54) is 18.3 Å². The molecule has 0 radical (unpaired) electrons. The Morgan fingerprint density at radius 1 is 0.914 bits per heavy atom. The van der Waals surface area contributed by atoms with E-state index in [0.717, 1.165) is 29.3 Å². The second-order valence-corrected chi connectivity index (χ2v) is 7.29. The van der Waals surface area contributed by atoms with Crippen molar-refractivity contribution in [2.75, 3.05) is 5.32 Å². The van der Waals surface area contributed by atoms with Gasteiger partial charge < -0.3 is 10.1 Å². The molecule has 0 atom stereocenters. The highest BCUT2D eigenvalue weighted by atomic mass is 16.6. The Morgan fingerprint density at radius 3 is 2.37 bits per heavy atom. The fourth-order valence-electron chi connectivity index (χ4n) is 2.86. The summed E-state index contributed by atoms with van der Waals surface area (Å²) in [5.41, 5.74) is 4.03. The van der Waals surface area contributed by atoms with Crippen LogP contribution >= 0.6 is 0 Å². The number of hydrazone groups is 1. The zero-order valence-corrected chi connectivity index (χ0v) is 18.6. The smallest absolute Gasteiger partial charge is 0.329 e. The fraction of sp³-hybridized carbons (Fsp3) is 0.0870. The molecular weight excluding hydrogens is 458 g/mol. The van der Waals surface area contributed by atoms with E-state index in [2.05, 4.69) is 15.8 Å². The van der Waals surface area contributed by atoms with E-state index in [-0.39, 0.29) is 11.5 Å². The van der Waals surface area contributed by atoms with Crippen LogP contribution in [0.2, 0.25) is 0 Å². The van der Waals surface area contributed by atoms with E-state index in [0.29, 0.717) is 11.3 Å². The number of anilines is 1. The second kappa shape index (κ2) is 10.7. The zero-order chi connectivity index (χ0) is 25.5. The van der Waals surface area contributed by atoms with Crippen LogP contribution in [0.1, 0.15) is 16.7 Å². The van der Waals surface area contributed by atoms with E-state index < -0.39 is 33.0 Å². The molecule has 0 aliphatic carbocycles. The van der Waals surface area contributed by atoms with Crippen molar-refractivity contribution in [3.8, 4) is 11.5 Å². The van der Waals surface area contributed by atoms with Gasteiger partial charge >= 0.3 is 17.5 Å². The van der Waals surface area contributed by atoms with Crippen LogP contribution in [0.25, 0.3) is 0 Å². The van der Waals surface area contributed by atoms with Crippen LogP contribution in [0.5, 0.6) is 11.5 Å². The van der Waals surface area contributed by atoms with Crippen LogP contribution in [-0.2, 0) is 9.59 Å². The molecule has 2 N–H and O–H groups in total. The molecular formula is C23H19N5O7. The first kappa shape index (κ1) is 24.5. The highest BCUT2D eigenvalue weighted by molar-refractivity contribution is 6.39. The normalized spacial score (nSPS) is 10.6. The van der Waals surface area contributed by atoms with Gasteiger partial charge in [-0.15, -0.1) is 0 Å². The van der Waals surface area contributed by atoms with Gasteiger partial charge in [-0.3, -0.25) is 29.8 Å². The summed E-state index contributed by atoms with van der Waals surface area (Å²) in [6, 6.07) is 14.4. The molecule has 0 heterocycles. The Balaban J connectivity index is 1.65. The second-order valence-electron chi connectivity index (χ2n) is 7.29. The summed E-state index contributed by atoms with van der Waals surface area (Å²) < 4.78 is 5.52. The standard InChI is InChI=1S/C23H19N5O7/c1-14-6-7-17(10-15(14)2)25-22(29)23(30)26-24-13-16-4-3-5-19(11-16)35-21-9-8-18(27(31)32)12-20(21)28(33)34/h3-13H,1-2H3,(H,25,29)(H,26,30)/b24-13+. The Morgan fingerprint density at radius 2 is 1.69 bits per heavy atom. The minimum absolute atomic E-state index is 0.185. The molecule has 0 saturated carbocycles. The van der Waals surface area contributed by atoms with Crippen molar-refractivity contribution >= 4 is 35.1 Å². The average Bonchev–Trinajstić information content (AvgIpc) is 2.81. The highest BCUT2D eigenvalue weighted by Gasteiger charge is 2.21. The third-order valence-electron chi connectivity index (χ3n) is 4.79. The van der Waals surface area contributed by atoms with Crippen molar-refractivity contribution in [2.24, 2.45) is 5.10 Å². The zero-order valence-electron chi connectivity index (χ0n) is 18.6. The summed E-state index contributed by atoms with van der Waals surface area (Å²) >= 11 is 0. The minimum Gasteiger partial charge on any atom is -0.450 e. The first-order chi connectivity index (χ1) is 16.6. The number of nitro groups is 2. The molecule has 0 saturated heterocycles. The lowest BCUT2D eigenvalue weighted by Gasteiger charge is -2.07. The number of hydrogen-bond acceptors (Lipinski definition) is 8. The van der Waals surface area contributed by atoms with Gasteiger partial charge in [-0.1, -0.05) is 18.2 Å². The van der Waals surface area contributed by atoms with Crippen LogP contribution in [0, 0.1) is 34.1 Å². The molecule has 3 aromatic carbocycles. The SMILES string of the molecule is Cc1ccc(NC(=O)C(=O)N/N=C/c2cccc(Oc3ccc([N+](=O)[O-])cc3[N+](=O)[O-])c2)cc1C. The quantitative estimate of drug-likeness (QED) is 0.224. The molecule has 2 amide bonds. The van der Waals surface area contributed by atoms with Crippen LogP contribution < -0.4 is 15.5 Å². The fourth-order valence-corrected chi connectivity index (χ4v) is 2.86. The molecule has 0 bridgehead atoms. The van der Waals surface area contributed by atoms with E-state index in [1.54, 1.807) is 24.3 Å². The number of carbonyl (C=O) groups is 2. The van der Waals surface area contributed by atoms with Gasteiger partial charge in [0.05, 0.1) is 22.1 Å². The molecule has 0 unspecified atom stereocenters. The molecule has 3 rings (SSSR count). The molecule has 178 valence electrons. The van der Waals surface area contributed by atoms with Crippen molar-refractivity contribution < 1.29 is 24.2 Å². The molecule has 35 heavy (non-hydrogen) atoms. The third-order valence-corrected chi connectivity index (χ3v) is 4.79. The number of nitrogens with one attached hydrogen (secondary N) is 2. The molecule has 12 nitrogen and oxygen atoms in total. The first-order valence-electron chi connectivity index (χ1n) is 10.1. The van der Waals surface area contributed by atoms with Crippen LogP contribution in [0.15, 0.2) is 65.8 Å². The van der Waals surface area contributed by atoms with E-state index in [4.69, 9.17) is 4.74 Å². The van der Waals surface area contributed by atoms with Gasteiger partial charge in [0.1, 0.15) is 5.75 Å². The topological polar surface area (TPSA) is 166 Å². The lowest BCUT2D eigenvalue weighted by molar-refractivity contribution is -0.394. The number of nitrogens with zero attached hydrogens (tertiary/aromatic N) is 3. The summed E-state index contributed by atoms with van der Waals surface area (Å²) in [5.74, 6) is -1.88. The molecule has 0 fully saturated rings. The third kappa shape index (κ3) is 6.44. The maximum absolute atomic E-state index is 12.0.